The van der Waals surface area contributed by atoms with E-state index in [1.807, 2.05) is 7.05 Å². The molecule has 0 aliphatic carbocycles. The second-order valence-corrected chi connectivity index (χ2v) is 8.20. The van der Waals surface area contributed by atoms with Crippen molar-refractivity contribution in [2.24, 2.45) is 0 Å². The highest BCUT2D eigenvalue weighted by molar-refractivity contribution is 5.26. The lowest BCUT2D eigenvalue weighted by Gasteiger charge is -2.47. The van der Waals surface area contributed by atoms with Crippen LogP contribution in [-0.4, -0.2) is 56.7 Å². The van der Waals surface area contributed by atoms with Gasteiger partial charge in [0.15, 0.2) is 0 Å². The molecule has 0 bridgehead atoms. The van der Waals surface area contributed by atoms with Crippen LogP contribution < -0.4 is 5.32 Å². The van der Waals surface area contributed by atoms with Crippen molar-refractivity contribution in [3.05, 3.63) is 72.2 Å². The highest BCUT2D eigenvalue weighted by Crippen LogP contribution is 2.38. The molecule has 1 N–H and O–H groups in total. The first-order valence-electron chi connectivity index (χ1n) is 10.6. The van der Waals surface area contributed by atoms with E-state index in [1.165, 1.54) is 11.3 Å². The van der Waals surface area contributed by atoms with Crippen molar-refractivity contribution in [1.29, 1.82) is 0 Å². The molecule has 0 saturated carbocycles. The smallest absolute Gasteiger partial charge is 0.124 e. The maximum Gasteiger partial charge on any atom is 0.124 e. The summed E-state index contributed by atoms with van der Waals surface area (Å²) in [7, 11) is 6.36. The molecular weight excluding hydrogens is 358 g/mol. The Hall–Kier alpha value is -2.04. The number of allylic oxidation sites excluding steroid dienone is 2. The van der Waals surface area contributed by atoms with Crippen LogP contribution in [0.3, 0.4) is 0 Å². The number of nitrogens with one attached hydrogen (secondary N) is 1. The first-order chi connectivity index (χ1) is 13.9. The second-order valence-electron chi connectivity index (χ2n) is 8.20. The minimum Gasteiger partial charge on any atom is -0.489 e. The maximum absolute atomic E-state index is 6.32. The largest absolute Gasteiger partial charge is 0.489 e. The van der Waals surface area contributed by atoms with Crippen LogP contribution in [0.1, 0.15) is 38.7 Å². The van der Waals surface area contributed by atoms with Gasteiger partial charge in [-0.15, -0.1) is 0 Å². The lowest BCUT2D eigenvalue weighted by Crippen LogP contribution is -2.50. The predicted octanol–water partition coefficient (Wildman–Crippen LogP) is 4.53. The van der Waals surface area contributed by atoms with E-state index in [1.54, 1.807) is 6.08 Å². The monoisotopic (exact) mass is 397 g/mol. The molecule has 0 radical (unpaired) electrons. The third-order valence-corrected chi connectivity index (χ3v) is 6.39. The van der Waals surface area contributed by atoms with Crippen molar-refractivity contribution in [3.63, 3.8) is 0 Å². The molecule has 1 atom stereocenters. The number of nitrogens with zero attached hydrogens (tertiary/aromatic N) is 2. The number of likely N-dealkylation sites (tertiary alicyclic amines) is 1. The highest BCUT2D eigenvalue weighted by Gasteiger charge is 2.38. The van der Waals surface area contributed by atoms with Crippen LogP contribution in [0.5, 0.6) is 0 Å². The van der Waals surface area contributed by atoms with Crippen molar-refractivity contribution in [2.75, 3.05) is 40.8 Å². The van der Waals surface area contributed by atoms with Gasteiger partial charge in [-0.2, -0.15) is 0 Å². The van der Waals surface area contributed by atoms with Gasteiger partial charge in [-0.25, -0.2) is 0 Å². The fourth-order valence-electron chi connectivity index (χ4n) is 4.20. The molecule has 0 aromatic heterocycles. The summed E-state index contributed by atoms with van der Waals surface area (Å²) < 4.78 is 6.32. The number of piperidine rings is 1. The van der Waals surface area contributed by atoms with Crippen LogP contribution in [0.4, 0.5) is 0 Å². The summed E-state index contributed by atoms with van der Waals surface area (Å²) in [5.74, 6) is 0.978. The zero-order valence-corrected chi connectivity index (χ0v) is 19.0. The van der Waals surface area contributed by atoms with Gasteiger partial charge in [0.05, 0.1) is 0 Å². The molecule has 4 heteroatoms. The molecule has 1 heterocycles. The van der Waals surface area contributed by atoms with Gasteiger partial charge in [-0.1, -0.05) is 49.6 Å². The predicted molar refractivity (Wildman–Crippen MR) is 124 cm³/mol. The van der Waals surface area contributed by atoms with Gasteiger partial charge in [0.25, 0.3) is 0 Å². The van der Waals surface area contributed by atoms with Gasteiger partial charge >= 0.3 is 0 Å². The van der Waals surface area contributed by atoms with Crippen LogP contribution in [-0.2, 0) is 10.3 Å². The van der Waals surface area contributed by atoms with Crippen LogP contribution in [0.25, 0.3) is 0 Å². The summed E-state index contributed by atoms with van der Waals surface area (Å²) in [5.41, 5.74) is 3.66. The Morgan fingerprint density at radius 2 is 1.86 bits per heavy atom. The van der Waals surface area contributed by atoms with Gasteiger partial charge in [-0.05, 0) is 65.5 Å². The minimum absolute atomic E-state index is 0.0372. The summed E-state index contributed by atoms with van der Waals surface area (Å²) >= 11 is 0. The van der Waals surface area contributed by atoms with Crippen LogP contribution in [0, 0.1) is 0 Å². The SMILES string of the molecule is C=CC(=C)C(CCNC)O/C(C)=C(/C)N1CCC(c2ccccc2)(N(C)C)CC1. The van der Waals surface area contributed by atoms with Gasteiger partial charge < -0.3 is 15.0 Å². The van der Waals surface area contributed by atoms with E-state index in [0.29, 0.717) is 0 Å². The third kappa shape index (κ3) is 5.52. The van der Waals surface area contributed by atoms with Crippen molar-refractivity contribution < 1.29 is 4.74 Å². The van der Waals surface area contributed by atoms with Crippen molar-refractivity contribution in [1.82, 2.24) is 15.1 Å². The fraction of sp³-hybridized carbons (Fsp3) is 0.520. The molecule has 29 heavy (non-hydrogen) atoms. The molecule has 4 nitrogen and oxygen atoms in total. The Morgan fingerprint density at radius 1 is 1.24 bits per heavy atom. The van der Waals surface area contributed by atoms with E-state index in [4.69, 9.17) is 4.74 Å². The molecule has 1 aromatic carbocycles. The number of hydrogen-bond donors (Lipinski definition) is 1. The van der Waals surface area contributed by atoms with Crippen LogP contribution in [0.15, 0.2) is 66.6 Å². The van der Waals surface area contributed by atoms with E-state index < -0.39 is 0 Å². The first-order valence-corrected chi connectivity index (χ1v) is 10.6. The normalized spacial score (nSPS) is 18.2. The molecule has 1 aliphatic heterocycles. The average Bonchev–Trinajstić information content (AvgIpc) is 2.75. The Labute approximate surface area is 177 Å². The number of rotatable bonds is 10. The van der Waals surface area contributed by atoms with E-state index in [-0.39, 0.29) is 11.6 Å². The van der Waals surface area contributed by atoms with E-state index in [0.717, 1.165) is 50.2 Å². The quantitative estimate of drug-likeness (QED) is 0.464. The lowest BCUT2D eigenvalue weighted by atomic mass is 9.79. The van der Waals surface area contributed by atoms with Crippen LogP contribution in [0.2, 0.25) is 0 Å². The highest BCUT2D eigenvalue weighted by atomic mass is 16.5. The summed E-state index contributed by atoms with van der Waals surface area (Å²) in [6, 6.07) is 10.9. The van der Waals surface area contributed by atoms with E-state index in [9.17, 15) is 0 Å². The average molecular weight is 398 g/mol. The lowest BCUT2D eigenvalue weighted by molar-refractivity contribution is 0.0613. The Bertz CT molecular complexity index is 700. The summed E-state index contributed by atoms with van der Waals surface area (Å²) in [5, 5.41) is 3.19. The Kier molecular flexibility index (Phi) is 8.54. The number of ether oxygens (including phenoxy) is 1. The molecular formula is C25H39N3O. The molecule has 0 amide bonds. The van der Waals surface area contributed by atoms with Gasteiger partial charge in [0, 0.05) is 30.7 Å². The maximum atomic E-state index is 6.32. The minimum atomic E-state index is -0.0372. The Balaban J connectivity index is 2.11. The zero-order valence-electron chi connectivity index (χ0n) is 19.0. The van der Waals surface area contributed by atoms with Gasteiger partial charge in [-0.3, -0.25) is 4.90 Å². The molecule has 1 saturated heterocycles. The third-order valence-electron chi connectivity index (χ3n) is 6.39. The molecule has 1 unspecified atom stereocenters. The van der Waals surface area contributed by atoms with Gasteiger partial charge in [0.1, 0.15) is 11.9 Å². The molecule has 1 fully saturated rings. The molecule has 1 aliphatic rings. The number of benzene rings is 1. The summed E-state index contributed by atoms with van der Waals surface area (Å²) in [6.45, 7) is 15.1. The van der Waals surface area contributed by atoms with Crippen molar-refractivity contribution >= 4 is 0 Å². The summed E-state index contributed by atoms with van der Waals surface area (Å²) in [6.07, 6.45) is 4.83. The van der Waals surface area contributed by atoms with E-state index >= 15 is 0 Å². The van der Waals surface area contributed by atoms with Crippen molar-refractivity contribution in [3.8, 4) is 0 Å². The zero-order chi connectivity index (χ0) is 21.4. The van der Waals surface area contributed by atoms with E-state index in [2.05, 4.69) is 86.5 Å². The van der Waals surface area contributed by atoms with Crippen LogP contribution >= 0.6 is 0 Å². The summed E-state index contributed by atoms with van der Waals surface area (Å²) in [4.78, 5) is 4.86. The molecule has 160 valence electrons. The molecule has 1 aromatic rings. The molecule has 2 rings (SSSR count). The second kappa shape index (κ2) is 10.7. The fourth-order valence-corrected chi connectivity index (χ4v) is 4.20. The van der Waals surface area contributed by atoms with Crippen molar-refractivity contribution in [2.45, 2.75) is 44.8 Å². The van der Waals surface area contributed by atoms with Gasteiger partial charge in [0.2, 0.25) is 0 Å². The topological polar surface area (TPSA) is 27.7 Å². The Morgan fingerprint density at radius 3 is 2.38 bits per heavy atom. The first kappa shape index (κ1) is 23.2. The molecule has 0 spiro atoms. The standard InChI is InChI=1S/C25H39N3O/c1-8-20(2)24(14-17-26-5)29-22(4)21(3)28-18-15-25(16-19-28,27(6)7)23-12-10-9-11-13-23/h8-13,24,26H,1-2,14-19H2,3-7H3/b22-21-. The number of hydrogen-bond acceptors (Lipinski definition) is 4.